The molecule has 3 nitrogen and oxygen atoms in total. The lowest BCUT2D eigenvalue weighted by atomic mass is 10.0. The molecule has 0 radical (unpaired) electrons. The second kappa shape index (κ2) is 8.86. The summed E-state index contributed by atoms with van der Waals surface area (Å²) in [5, 5.41) is 0.162. The van der Waals surface area contributed by atoms with Crippen molar-refractivity contribution in [3.05, 3.63) is 12.2 Å². The van der Waals surface area contributed by atoms with Crippen molar-refractivity contribution in [1.82, 2.24) is 0 Å². The zero-order chi connectivity index (χ0) is 16.7. The Balaban J connectivity index is 5.07. The summed E-state index contributed by atoms with van der Waals surface area (Å²) >= 11 is 0. The van der Waals surface area contributed by atoms with Gasteiger partial charge in [-0.15, -0.1) is 0 Å². The Bertz CT molecular complexity index is 331. The zero-order valence-electron chi connectivity index (χ0n) is 15.1. The summed E-state index contributed by atoms with van der Waals surface area (Å²) in [6.07, 6.45) is 6.69. The third-order valence-corrected chi connectivity index (χ3v) is 8.92. The van der Waals surface area contributed by atoms with Gasteiger partial charge in [-0.1, -0.05) is 39.8 Å². The predicted molar refractivity (Wildman–Crippen MR) is 92.1 cm³/mol. The average molecular weight is 315 g/mol. The van der Waals surface area contributed by atoms with Crippen molar-refractivity contribution in [3.8, 4) is 0 Å². The van der Waals surface area contributed by atoms with Gasteiger partial charge in [0.2, 0.25) is 0 Å². The van der Waals surface area contributed by atoms with Crippen LogP contribution in [0.2, 0.25) is 18.1 Å². The highest BCUT2D eigenvalue weighted by Gasteiger charge is 2.40. The highest BCUT2D eigenvalue weighted by molar-refractivity contribution is 6.74. The fourth-order valence-corrected chi connectivity index (χ4v) is 3.25. The minimum atomic E-state index is -1.86. The highest BCUT2D eigenvalue weighted by Crippen LogP contribution is 2.38. The molecule has 0 aliphatic carbocycles. The largest absolute Gasteiger partial charge is 0.411 e. The first-order valence-corrected chi connectivity index (χ1v) is 10.8. The van der Waals surface area contributed by atoms with Crippen LogP contribution >= 0.6 is 0 Å². The maximum absolute atomic E-state index is 10.8. The SMILES string of the molecule is C/C=C\[C@H](OC)[C@H](CC[C@@H](C)C=O)O[Si](C)(C)C(C)(C)C. The summed E-state index contributed by atoms with van der Waals surface area (Å²) < 4.78 is 12.1. The van der Waals surface area contributed by atoms with Crippen molar-refractivity contribution in [2.75, 3.05) is 7.11 Å². The van der Waals surface area contributed by atoms with Gasteiger partial charge in [-0.25, -0.2) is 0 Å². The van der Waals surface area contributed by atoms with E-state index < -0.39 is 8.32 Å². The number of ether oxygens (including phenoxy) is 1. The average Bonchev–Trinajstić information content (AvgIpc) is 2.39. The number of rotatable bonds is 9. The molecule has 0 rings (SSSR count). The Morgan fingerprint density at radius 1 is 1.19 bits per heavy atom. The summed E-state index contributed by atoms with van der Waals surface area (Å²) in [6, 6.07) is 0. The van der Waals surface area contributed by atoms with Gasteiger partial charge in [0.05, 0.1) is 6.10 Å². The van der Waals surface area contributed by atoms with Gasteiger partial charge in [0.1, 0.15) is 12.4 Å². The Morgan fingerprint density at radius 3 is 2.14 bits per heavy atom. The number of carbonyl (C=O) groups is 1. The van der Waals surface area contributed by atoms with E-state index in [1.54, 1.807) is 7.11 Å². The number of carbonyl (C=O) groups excluding carboxylic acids is 1. The summed E-state index contributed by atoms with van der Waals surface area (Å²) in [4.78, 5) is 10.8. The van der Waals surface area contributed by atoms with Crippen molar-refractivity contribution in [3.63, 3.8) is 0 Å². The van der Waals surface area contributed by atoms with Crippen molar-refractivity contribution >= 4 is 14.6 Å². The number of methoxy groups -OCH3 is 1. The van der Waals surface area contributed by atoms with Gasteiger partial charge in [-0.05, 0) is 37.9 Å². The molecule has 4 heteroatoms. The quantitative estimate of drug-likeness (QED) is 0.355. The molecule has 0 bridgehead atoms. The second-order valence-corrected chi connectivity index (χ2v) is 12.1. The summed E-state index contributed by atoms with van der Waals surface area (Å²) in [5.74, 6) is 0.0682. The highest BCUT2D eigenvalue weighted by atomic mass is 28.4. The molecule has 0 aromatic rings. The molecular weight excluding hydrogens is 280 g/mol. The first-order valence-electron chi connectivity index (χ1n) is 7.87. The maximum Gasteiger partial charge on any atom is 0.192 e. The third-order valence-electron chi connectivity index (χ3n) is 4.41. The molecule has 3 atom stereocenters. The Morgan fingerprint density at radius 2 is 1.76 bits per heavy atom. The molecule has 0 fully saturated rings. The van der Waals surface area contributed by atoms with Gasteiger partial charge >= 0.3 is 0 Å². The lowest BCUT2D eigenvalue weighted by Crippen LogP contribution is -2.47. The van der Waals surface area contributed by atoms with E-state index >= 15 is 0 Å². The van der Waals surface area contributed by atoms with Crippen LogP contribution in [0.3, 0.4) is 0 Å². The molecular formula is C17H34O3Si. The van der Waals surface area contributed by atoms with Gasteiger partial charge < -0.3 is 14.0 Å². The summed E-state index contributed by atoms with van der Waals surface area (Å²) in [5.41, 5.74) is 0. The summed E-state index contributed by atoms with van der Waals surface area (Å²) in [6.45, 7) is 15.2. The molecule has 21 heavy (non-hydrogen) atoms. The fourth-order valence-electron chi connectivity index (χ4n) is 1.88. The lowest BCUT2D eigenvalue weighted by Gasteiger charge is -2.41. The molecule has 0 aromatic carbocycles. The molecule has 0 saturated carbocycles. The van der Waals surface area contributed by atoms with Crippen LogP contribution in [0.4, 0.5) is 0 Å². The number of hydrogen-bond donors (Lipinski definition) is 0. The van der Waals surface area contributed by atoms with Crippen LogP contribution in [-0.4, -0.2) is 33.9 Å². The smallest absolute Gasteiger partial charge is 0.192 e. The van der Waals surface area contributed by atoms with Gasteiger partial charge in [0.15, 0.2) is 8.32 Å². The first kappa shape index (κ1) is 20.5. The molecule has 0 heterocycles. The Kier molecular flexibility index (Phi) is 8.67. The molecule has 0 unspecified atom stereocenters. The van der Waals surface area contributed by atoms with Gasteiger partial charge in [0, 0.05) is 13.0 Å². The molecule has 0 aliphatic heterocycles. The molecule has 0 spiro atoms. The van der Waals surface area contributed by atoms with Crippen molar-refractivity contribution in [2.24, 2.45) is 5.92 Å². The first-order chi connectivity index (χ1) is 9.59. The van der Waals surface area contributed by atoms with Crippen LogP contribution in [-0.2, 0) is 14.0 Å². The molecule has 0 amide bonds. The van der Waals surface area contributed by atoms with Crippen LogP contribution < -0.4 is 0 Å². The standard InChI is InChI=1S/C17H34O3Si/c1-9-10-15(19-6)16(12-11-14(2)13-18)20-21(7,8)17(3,4)5/h9-10,13-16H,11-12H2,1-8H3/b10-9-/t14-,15+,16+/m1/s1. The van der Waals surface area contributed by atoms with Crippen LogP contribution in [0.25, 0.3) is 0 Å². The van der Waals surface area contributed by atoms with Crippen LogP contribution in [0.1, 0.15) is 47.5 Å². The van der Waals surface area contributed by atoms with E-state index in [1.165, 1.54) is 0 Å². The van der Waals surface area contributed by atoms with E-state index in [-0.39, 0.29) is 23.2 Å². The van der Waals surface area contributed by atoms with Gasteiger partial charge in [-0.2, -0.15) is 0 Å². The Hall–Kier alpha value is -0.453. The Labute approximate surface area is 132 Å². The van der Waals surface area contributed by atoms with Gasteiger partial charge in [-0.3, -0.25) is 0 Å². The number of hydrogen-bond acceptors (Lipinski definition) is 3. The molecule has 0 aliphatic rings. The van der Waals surface area contributed by atoms with E-state index in [0.717, 1.165) is 19.1 Å². The zero-order valence-corrected chi connectivity index (χ0v) is 16.1. The van der Waals surface area contributed by atoms with Crippen molar-refractivity contribution in [2.45, 2.75) is 77.8 Å². The summed E-state index contributed by atoms with van der Waals surface area (Å²) in [7, 11) is -0.142. The predicted octanol–water partition coefficient (Wildman–Crippen LogP) is 4.58. The van der Waals surface area contributed by atoms with E-state index in [1.807, 2.05) is 26.0 Å². The maximum atomic E-state index is 10.8. The lowest BCUT2D eigenvalue weighted by molar-refractivity contribution is -0.111. The molecule has 0 N–H and O–H groups in total. The number of aldehydes is 1. The van der Waals surface area contributed by atoms with Gasteiger partial charge in [0.25, 0.3) is 0 Å². The van der Waals surface area contributed by atoms with E-state index in [9.17, 15) is 4.79 Å². The van der Waals surface area contributed by atoms with E-state index in [4.69, 9.17) is 9.16 Å². The van der Waals surface area contributed by atoms with E-state index in [0.29, 0.717) is 0 Å². The van der Waals surface area contributed by atoms with E-state index in [2.05, 4.69) is 33.9 Å². The van der Waals surface area contributed by atoms with Crippen LogP contribution in [0, 0.1) is 5.92 Å². The second-order valence-electron chi connectivity index (χ2n) is 7.33. The fraction of sp³-hybridized carbons (Fsp3) is 0.824. The van der Waals surface area contributed by atoms with Crippen LogP contribution in [0.15, 0.2) is 12.2 Å². The molecule has 0 saturated heterocycles. The van der Waals surface area contributed by atoms with Crippen molar-refractivity contribution in [1.29, 1.82) is 0 Å². The van der Waals surface area contributed by atoms with Crippen LogP contribution in [0.5, 0.6) is 0 Å². The number of allylic oxidation sites excluding steroid dienone is 1. The minimum absolute atomic E-state index is 0.00879. The molecule has 0 aromatic heterocycles. The monoisotopic (exact) mass is 314 g/mol. The third kappa shape index (κ3) is 6.89. The molecule has 124 valence electrons. The normalized spacial score (nSPS) is 17.7. The van der Waals surface area contributed by atoms with Crippen molar-refractivity contribution < 1.29 is 14.0 Å². The topological polar surface area (TPSA) is 35.5 Å². The minimum Gasteiger partial charge on any atom is -0.411 e.